The van der Waals surface area contributed by atoms with Crippen LogP contribution >= 0.6 is 0 Å². The largest absolute Gasteiger partial charge is 0.507 e. The molecule has 2 aromatic rings. The van der Waals surface area contributed by atoms with Gasteiger partial charge in [-0.1, -0.05) is 19.1 Å². The van der Waals surface area contributed by atoms with Crippen LogP contribution in [0.2, 0.25) is 0 Å². The van der Waals surface area contributed by atoms with Crippen LogP contribution in [0, 0.1) is 0 Å². The first-order valence-electron chi connectivity index (χ1n) is 6.31. The summed E-state index contributed by atoms with van der Waals surface area (Å²) in [7, 11) is -1.01. The molecule has 0 fully saturated rings. The second-order valence-electron chi connectivity index (χ2n) is 4.52. The molecule has 0 saturated heterocycles. The third-order valence-electron chi connectivity index (χ3n) is 3.25. The van der Waals surface area contributed by atoms with Crippen molar-refractivity contribution in [3.63, 3.8) is 0 Å². The molecule has 0 aliphatic rings. The Kier molecular flexibility index (Phi) is 4.35. The van der Waals surface area contributed by atoms with E-state index in [0.29, 0.717) is 18.3 Å². The van der Waals surface area contributed by atoms with Crippen LogP contribution in [0.25, 0.3) is 11.1 Å². The Morgan fingerprint density at radius 1 is 1.15 bits per heavy atom. The Morgan fingerprint density at radius 3 is 2.30 bits per heavy atom. The van der Waals surface area contributed by atoms with Crippen molar-refractivity contribution in [2.45, 2.75) is 18.2 Å². The van der Waals surface area contributed by atoms with Crippen molar-refractivity contribution >= 4 is 17.1 Å². The second-order valence-corrected chi connectivity index (χ2v) is 5.90. The van der Waals surface area contributed by atoms with Gasteiger partial charge in [-0.05, 0) is 47.4 Å². The van der Waals surface area contributed by atoms with E-state index < -0.39 is 10.8 Å². The van der Waals surface area contributed by atoms with Crippen LogP contribution in [-0.4, -0.2) is 21.9 Å². The maximum atomic E-state index is 11.4. The molecule has 0 saturated carbocycles. The highest BCUT2D eigenvalue weighted by molar-refractivity contribution is 7.84. The third-order valence-corrected chi connectivity index (χ3v) is 4.18. The molecule has 4 heteroatoms. The molecule has 2 rings (SSSR count). The Bertz CT molecular complexity index is 660. The molecule has 0 heterocycles. The summed E-state index contributed by atoms with van der Waals surface area (Å²) in [6.07, 6.45) is 2.94. The maximum absolute atomic E-state index is 11.4. The van der Waals surface area contributed by atoms with Gasteiger partial charge >= 0.3 is 0 Å². The van der Waals surface area contributed by atoms with Gasteiger partial charge in [-0.15, -0.1) is 0 Å². The van der Waals surface area contributed by atoms with Gasteiger partial charge in [0, 0.05) is 22.0 Å². The van der Waals surface area contributed by atoms with Crippen LogP contribution in [0.4, 0.5) is 0 Å². The van der Waals surface area contributed by atoms with Gasteiger partial charge in [0.25, 0.3) is 0 Å². The van der Waals surface area contributed by atoms with Crippen LogP contribution < -0.4 is 0 Å². The number of phenols is 1. The number of aromatic hydroxyl groups is 1. The van der Waals surface area contributed by atoms with Crippen LogP contribution in [0.5, 0.6) is 5.75 Å². The minimum atomic E-state index is -1.01. The average Bonchev–Trinajstić information content (AvgIpc) is 2.47. The second kappa shape index (κ2) is 6.01. The molecule has 0 amide bonds. The fraction of sp³-hybridized carbons (Fsp3) is 0.188. The van der Waals surface area contributed by atoms with E-state index in [0.717, 1.165) is 21.6 Å². The molecule has 3 nitrogen and oxygen atoms in total. The van der Waals surface area contributed by atoms with Crippen molar-refractivity contribution in [3.8, 4) is 16.9 Å². The summed E-state index contributed by atoms with van der Waals surface area (Å²) in [5, 5.41) is 9.91. The van der Waals surface area contributed by atoms with Gasteiger partial charge in [-0.3, -0.25) is 9.00 Å². The van der Waals surface area contributed by atoms with Crippen LogP contribution in [0.3, 0.4) is 0 Å². The van der Waals surface area contributed by atoms with Crippen molar-refractivity contribution in [2.24, 2.45) is 0 Å². The van der Waals surface area contributed by atoms with Gasteiger partial charge in [-0.2, -0.15) is 0 Å². The van der Waals surface area contributed by atoms with E-state index in [1.165, 1.54) is 0 Å². The predicted molar refractivity (Wildman–Crippen MR) is 80.6 cm³/mol. The summed E-state index contributed by atoms with van der Waals surface area (Å²) in [6, 6.07) is 10.9. The van der Waals surface area contributed by atoms with Crippen LogP contribution in [-0.2, 0) is 17.2 Å². The molecule has 1 unspecified atom stereocenters. The Hall–Kier alpha value is -1.94. The highest BCUT2D eigenvalue weighted by Crippen LogP contribution is 2.30. The van der Waals surface area contributed by atoms with Crippen LogP contribution in [0.1, 0.15) is 22.8 Å². The number of phenolic OH excluding ortho intramolecular Hbond substituents is 1. The Labute approximate surface area is 120 Å². The lowest BCUT2D eigenvalue weighted by atomic mass is 9.98. The van der Waals surface area contributed by atoms with Gasteiger partial charge in [0.15, 0.2) is 6.29 Å². The van der Waals surface area contributed by atoms with Crippen molar-refractivity contribution in [1.29, 1.82) is 0 Å². The van der Waals surface area contributed by atoms with E-state index in [1.54, 1.807) is 12.3 Å². The number of carbonyl (C=O) groups excluding carboxylic acids is 1. The number of rotatable bonds is 4. The molecular formula is C16H16O3S. The zero-order valence-corrected chi connectivity index (χ0v) is 12.2. The van der Waals surface area contributed by atoms with Gasteiger partial charge in [0.2, 0.25) is 0 Å². The lowest BCUT2D eigenvalue weighted by Crippen LogP contribution is -1.92. The molecule has 0 aliphatic carbocycles. The van der Waals surface area contributed by atoms with Crippen molar-refractivity contribution < 1.29 is 14.1 Å². The minimum Gasteiger partial charge on any atom is -0.507 e. The average molecular weight is 288 g/mol. The molecule has 0 radical (unpaired) electrons. The predicted octanol–water partition coefficient (Wildman–Crippen LogP) is 3.17. The molecule has 104 valence electrons. The summed E-state index contributed by atoms with van der Waals surface area (Å²) in [5.41, 5.74) is 2.84. The van der Waals surface area contributed by atoms with Gasteiger partial charge in [0.05, 0.1) is 5.56 Å². The normalized spacial score (nSPS) is 12.1. The van der Waals surface area contributed by atoms with Gasteiger partial charge < -0.3 is 5.11 Å². The highest BCUT2D eigenvalue weighted by Gasteiger charge is 2.09. The van der Waals surface area contributed by atoms with Crippen molar-refractivity contribution in [1.82, 2.24) is 0 Å². The minimum absolute atomic E-state index is 0.0533. The van der Waals surface area contributed by atoms with E-state index in [1.807, 2.05) is 37.3 Å². The number of hydrogen-bond donors (Lipinski definition) is 1. The number of aldehydes is 1. The monoisotopic (exact) mass is 288 g/mol. The standard InChI is InChI=1S/C16H16O3S/c1-3-11-8-13(9-14(10-17)16(11)18)12-4-6-15(7-5-12)20(2)19/h4-10,18H,3H2,1-2H3. The molecule has 0 bridgehead atoms. The highest BCUT2D eigenvalue weighted by atomic mass is 32.2. The number of carbonyl (C=O) groups is 1. The quantitative estimate of drug-likeness (QED) is 0.879. The van der Waals surface area contributed by atoms with Crippen molar-refractivity contribution in [3.05, 3.63) is 47.5 Å². The molecule has 0 aliphatic heterocycles. The zero-order valence-electron chi connectivity index (χ0n) is 11.4. The van der Waals surface area contributed by atoms with Gasteiger partial charge in [-0.25, -0.2) is 0 Å². The van der Waals surface area contributed by atoms with E-state index >= 15 is 0 Å². The van der Waals surface area contributed by atoms with E-state index in [-0.39, 0.29) is 5.75 Å². The third kappa shape index (κ3) is 2.80. The molecule has 2 aromatic carbocycles. The fourth-order valence-corrected chi connectivity index (χ4v) is 2.60. The van der Waals surface area contributed by atoms with E-state index in [2.05, 4.69) is 0 Å². The summed E-state index contributed by atoms with van der Waals surface area (Å²) in [6.45, 7) is 1.93. The molecule has 0 aromatic heterocycles. The summed E-state index contributed by atoms with van der Waals surface area (Å²) in [4.78, 5) is 11.8. The number of aryl methyl sites for hydroxylation is 1. The first kappa shape index (κ1) is 14.5. The molecule has 0 spiro atoms. The lowest BCUT2D eigenvalue weighted by molar-refractivity contribution is 0.112. The van der Waals surface area contributed by atoms with Crippen molar-refractivity contribution in [2.75, 3.05) is 6.26 Å². The molecule has 20 heavy (non-hydrogen) atoms. The van der Waals surface area contributed by atoms with Crippen LogP contribution in [0.15, 0.2) is 41.3 Å². The van der Waals surface area contributed by atoms with E-state index in [4.69, 9.17) is 0 Å². The topological polar surface area (TPSA) is 54.4 Å². The first-order chi connectivity index (χ1) is 9.56. The summed E-state index contributed by atoms with van der Waals surface area (Å²) < 4.78 is 11.4. The molecule has 1 atom stereocenters. The SMILES string of the molecule is CCc1cc(-c2ccc(S(C)=O)cc2)cc(C=O)c1O. The Morgan fingerprint density at radius 2 is 1.80 bits per heavy atom. The number of benzene rings is 2. The number of hydrogen-bond acceptors (Lipinski definition) is 3. The smallest absolute Gasteiger partial charge is 0.153 e. The molecular weight excluding hydrogens is 272 g/mol. The lowest BCUT2D eigenvalue weighted by Gasteiger charge is -2.09. The maximum Gasteiger partial charge on any atom is 0.153 e. The molecule has 1 N–H and O–H groups in total. The first-order valence-corrected chi connectivity index (χ1v) is 7.87. The Balaban J connectivity index is 2.51. The van der Waals surface area contributed by atoms with E-state index in [9.17, 15) is 14.1 Å². The van der Waals surface area contributed by atoms with Gasteiger partial charge in [0.1, 0.15) is 5.75 Å². The zero-order chi connectivity index (χ0) is 14.7. The summed E-state index contributed by atoms with van der Waals surface area (Å²) in [5.74, 6) is 0.0533. The fourth-order valence-electron chi connectivity index (χ4n) is 2.08. The summed E-state index contributed by atoms with van der Waals surface area (Å²) >= 11 is 0.